The molecular formula is C11H14F3N3O. The molecule has 0 bridgehead atoms. The molecule has 0 spiro atoms. The molecule has 2 N–H and O–H groups in total. The minimum absolute atomic E-state index is 0.203. The molecule has 0 unspecified atom stereocenters. The third-order valence-electron chi connectivity index (χ3n) is 2.02. The van der Waals surface area contributed by atoms with Gasteiger partial charge in [0.15, 0.2) is 0 Å². The largest absolute Gasteiger partial charge is 0.401 e. The Morgan fingerprint density at radius 3 is 2.72 bits per heavy atom. The molecule has 1 aromatic rings. The Morgan fingerprint density at radius 2 is 2.11 bits per heavy atom. The molecule has 0 aliphatic heterocycles. The van der Waals surface area contributed by atoms with Crippen LogP contribution >= 0.6 is 0 Å². The third kappa shape index (κ3) is 6.19. The van der Waals surface area contributed by atoms with Crippen LogP contribution in [-0.4, -0.2) is 30.2 Å². The van der Waals surface area contributed by atoms with Crippen LogP contribution in [0.15, 0.2) is 18.2 Å². The Hall–Kier alpha value is -1.63. The van der Waals surface area contributed by atoms with Crippen molar-refractivity contribution < 1.29 is 18.0 Å². The molecule has 0 aromatic carbocycles. The molecule has 0 atom stereocenters. The monoisotopic (exact) mass is 261 g/mol. The first kappa shape index (κ1) is 14.4. The van der Waals surface area contributed by atoms with Gasteiger partial charge >= 0.3 is 6.18 Å². The maximum absolute atomic E-state index is 11.8. The average Bonchev–Trinajstić information content (AvgIpc) is 2.25. The summed E-state index contributed by atoms with van der Waals surface area (Å²) in [4.78, 5) is 15.4. The lowest BCUT2D eigenvalue weighted by atomic mass is 10.3. The van der Waals surface area contributed by atoms with Gasteiger partial charge in [0, 0.05) is 5.69 Å². The number of alkyl halides is 3. The fourth-order valence-electron chi connectivity index (χ4n) is 1.27. The van der Waals surface area contributed by atoms with Gasteiger partial charge in [-0.1, -0.05) is 6.07 Å². The summed E-state index contributed by atoms with van der Waals surface area (Å²) in [6.07, 6.45) is -4.31. The van der Waals surface area contributed by atoms with E-state index in [-0.39, 0.29) is 13.1 Å². The number of pyridine rings is 1. The van der Waals surface area contributed by atoms with Gasteiger partial charge in [-0.15, -0.1) is 0 Å². The molecule has 1 rings (SSSR count). The summed E-state index contributed by atoms with van der Waals surface area (Å²) >= 11 is 0. The lowest BCUT2D eigenvalue weighted by Crippen LogP contribution is -2.38. The van der Waals surface area contributed by atoms with Crippen LogP contribution in [0.2, 0.25) is 0 Å². The Kier molecular flexibility index (Phi) is 5.08. The molecule has 0 aliphatic carbocycles. The summed E-state index contributed by atoms with van der Waals surface area (Å²) in [5, 5.41) is 4.50. The molecule has 0 saturated carbocycles. The number of aromatic nitrogens is 1. The fraction of sp³-hybridized carbons (Fsp3) is 0.455. The molecular weight excluding hydrogens is 247 g/mol. The fourth-order valence-corrected chi connectivity index (χ4v) is 1.27. The number of hydrogen-bond acceptors (Lipinski definition) is 3. The van der Waals surface area contributed by atoms with E-state index in [0.717, 1.165) is 5.69 Å². The van der Waals surface area contributed by atoms with E-state index < -0.39 is 18.6 Å². The number of halogens is 3. The van der Waals surface area contributed by atoms with Crippen molar-refractivity contribution in [2.24, 2.45) is 0 Å². The highest BCUT2D eigenvalue weighted by Crippen LogP contribution is 2.11. The summed E-state index contributed by atoms with van der Waals surface area (Å²) in [6, 6.07) is 5.35. The van der Waals surface area contributed by atoms with Crippen LogP contribution in [0, 0.1) is 6.92 Å². The number of nitrogens with zero attached hydrogens (tertiary/aromatic N) is 1. The normalized spacial score (nSPS) is 11.3. The van der Waals surface area contributed by atoms with Crippen LogP contribution in [0.1, 0.15) is 11.4 Å². The SMILES string of the molecule is Cc1cccc(CNC(=O)CNCC(F)(F)F)n1. The van der Waals surface area contributed by atoms with Crippen molar-refractivity contribution in [1.82, 2.24) is 15.6 Å². The van der Waals surface area contributed by atoms with Crippen molar-refractivity contribution in [2.75, 3.05) is 13.1 Å². The number of amides is 1. The highest BCUT2D eigenvalue weighted by molar-refractivity contribution is 5.77. The van der Waals surface area contributed by atoms with Crippen molar-refractivity contribution in [3.05, 3.63) is 29.6 Å². The van der Waals surface area contributed by atoms with E-state index in [2.05, 4.69) is 10.3 Å². The van der Waals surface area contributed by atoms with Gasteiger partial charge in [-0.2, -0.15) is 13.2 Å². The molecule has 1 amide bonds. The highest BCUT2D eigenvalue weighted by atomic mass is 19.4. The van der Waals surface area contributed by atoms with Gasteiger partial charge in [-0.05, 0) is 19.1 Å². The zero-order valence-electron chi connectivity index (χ0n) is 9.84. The van der Waals surface area contributed by atoms with Crippen molar-refractivity contribution in [2.45, 2.75) is 19.6 Å². The number of nitrogens with one attached hydrogen (secondary N) is 2. The van der Waals surface area contributed by atoms with Gasteiger partial charge < -0.3 is 10.6 Å². The van der Waals surface area contributed by atoms with E-state index in [9.17, 15) is 18.0 Å². The van der Waals surface area contributed by atoms with Gasteiger partial charge in [0.05, 0.1) is 25.3 Å². The van der Waals surface area contributed by atoms with E-state index in [0.29, 0.717) is 5.69 Å². The van der Waals surface area contributed by atoms with Crippen LogP contribution in [0.25, 0.3) is 0 Å². The predicted octanol–water partition coefficient (Wildman–Crippen LogP) is 1.16. The molecule has 0 radical (unpaired) electrons. The second-order valence-electron chi connectivity index (χ2n) is 3.77. The van der Waals surface area contributed by atoms with Crippen LogP contribution in [-0.2, 0) is 11.3 Å². The number of hydrogen-bond donors (Lipinski definition) is 2. The summed E-state index contributed by atoms with van der Waals surface area (Å²) in [6.45, 7) is 0.471. The molecule has 0 fully saturated rings. The average molecular weight is 261 g/mol. The Bertz CT molecular complexity index is 407. The van der Waals surface area contributed by atoms with Crippen LogP contribution < -0.4 is 10.6 Å². The van der Waals surface area contributed by atoms with Gasteiger partial charge in [0.1, 0.15) is 0 Å². The molecule has 0 saturated heterocycles. The Morgan fingerprint density at radius 1 is 1.39 bits per heavy atom. The van der Waals surface area contributed by atoms with Gasteiger partial charge in [-0.25, -0.2) is 0 Å². The molecule has 1 heterocycles. The van der Waals surface area contributed by atoms with E-state index in [1.165, 1.54) is 0 Å². The molecule has 1 aromatic heterocycles. The van der Waals surface area contributed by atoms with Crippen LogP contribution in [0.3, 0.4) is 0 Å². The molecule has 4 nitrogen and oxygen atoms in total. The second kappa shape index (κ2) is 6.34. The summed E-state index contributed by atoms with van der Waals surface area (Å²) < 4.78 is 35.4. The zero-order chi connectivity index (χ0) is 13.6. The molecule has 7 heteroatoms. The molecule has 0 aliphatic rings. The first-order valence-corrected chi connectivity index (χ1v) is 5.33. The number of carbonyl (C=O) groups excluding carboxylic acids is 1. The van der Waals surface area contributed by atoms with E-state index >= 15 is 0 Å². The smallest absolute Gasteiger partial charge is 0.349 e. The first-order chi connectivity index (χ1) is 8.37. The zero-order valence-corrected chi connectivity index (χ0v) is 9.84. The standard InChI is InChI=1S/C11H14F3N3O/c1-8-3-2-4-9(17-8)5-16-10(18)6-15-7-11(12,13)14/h2-4,15H,5-7H2,1H3,(H,16,18). The minimum atomic E-state index is -4.31. The van der Waals surface area contributed by atoms with E-state index in [1.807, 2.05) is 18.3 Å². The lowest BCUT2D eigenvalue weighted by molar-refractivity contribution is -0.128. The molecule has 100 valence electrons. The quantitative estimate of drug-likeness (QED) is 0.836. The molecule has 18 heavy (non-hydrogen) atoms. The van der Waals surface area contributed by atoms with Gasteiger partial charge in [0.25, 0.3) is 0 Å². The summed E-state index contributed by atoms with van der Waals surface area (Å²) in [5.41, 5.74) is 1.48. The number of aryl methyl sites for hydroxylation is 1. The van der Waals surface area contributed by atoms with Crippen molar-refractivity contribution in [1.29, 1.82) is 0 Å². The first-order valence-electron chi connectivity index (χ1n) is 5.33. The number of rotatable bonds is 5. The van der Waals surface area contributed by atoms with Crippen molar-refractivity contribution in [3.8, 4) is 0 Å². The maximum Gasteiger partial charge on any atom is 0.401 e. The predicted molar refractivity (Wildman–Crippen MR) is 59.7 cm³/mol. The summed E-state index contributed by atoms with van der Waals surface area (Å²) in [7, 11) is 0. The number of carbonyl (C=O) groups is 1. The van der Waals surface area contributed by atoms with Crippen molar-refractivity contribution in [3.63, 3.8) is 0 Å². The van der Waals surface area contributed by atoms with Crippen molar-refractivity contribution >= 4 is 5.91 Å². The van der Waals surface area contributed by atoms with Gasteiger partial charge in [-0.3, -0.25) is 9.78 Å². The maximum atomic E-state index is 11.8. The minimum Gasteiger partial charge on any atom is -0.349 e. The summed E-state index contributed by atoms with van der Waals surface area (Å²) in [5.74, 6) is -0.498. The van der Waals surface area contributed by atoms with E-state index in [4.69, 9.17) is 0 Å². The Labute approximate surface area is 103 Å². The third-order valence-corrected chi connectivity index (χ3v) is 2.02. The topological polar surface area (TPSA) is 54.0 Å². The highest BCUT2D eigenvalue weighted by Gasteiger charge is 2.26. The van der Waals surface area contributed by atoms with E-state index in [1.54, 1.807) is 12.1 Å². The second-order valence-corrected chi connectivity index (χ2v) is 3.77. The van der Waals surface area contributed by atoms with Crippen LogP contribution in [0.5, 0.6) is 0 Å². The van der Waals surface area contributed by atoms with Gasteiger partial charge in [0.2, 0.25) is 5.91 Å². The van der Waals surface area contributed by atoms with Crippen LogP contribution in [0.4, 0.5) is 13.2 Å². The Balaban J connectivity index is 2.25. The lowest BCUT2D eigenvalue weighted by Gasteiger charge is -2.08.